The second-order valence-corrected chi connectivity index (χ2v) is 7.06. The summed E-state index contributed by atoms with van der Waals surface area (Å²) in [6.45, 7) is 0.752. The molecule has 1 aliphatic carbocycles. The molecule has 1 fully saturated rings. The van der Waals surface area contributed by atoms with Gasteiger partial charge >= 0.3 is 0 Å². The predicted octanol–water partition coefficient (Wildman–Crippen LogP) is 3.72. The molecular weight excluding hydrogens is 324 g/mol. The van der Waals surface area contributed by atoms with Crippen molar-refractivity contribution in [2.24, 2.45) is 5.92 Å². The van der Waals surface area contributed by atoms with Gasteiger partial charge in [0.2, 0.25) is 5.91 Å². The Morgan fingerprint density at radius 2 is 1.88 bits per heavy atom. The lowest BCUT2D eigenvalue weighted by atomic mass is 9.89. The van der Waals surface area contributed by atoms with Gasteiger partial charge in [-0.3, -0.25) is 9.36 Å². The quantitative estimate of drug-likeness (QED) is 0.764. The summed E-state index contributed by atoms with van der Waals surface area (Å²) in [5.74, 6) is 0.605. The molecule has 1 atom stereocenters. The predicted molar refractivity (Wildman–Crippen MR) is 102 cm³/mol. The molecule has 2 heterocycles. The molecule has 0 aliphatic heterocycles. The molecule has 2 aromatic heterocycles. The number of carbonyl (C=O) groups is 1. The van der Waals surface area contributed by atoms with E-state index in [1.165, 1.54) is 32.1 Å². The fourth-order valence-corrected chi connectivity index (χ4v) is 3.86. The molecule has 1 saturated carbocycles. The van der Waals surface area contributed by atoms with Crippen molar-refractivity contribution in [3.05, 3.63) is 60.6 Å². The van der Waals surface area contributed by atoms with Crippen LogP contribution in [0.3, 0.4) is 0 Å². The zero-order chi connectivity index (χ0) is 17.8. The fourth-order valence-electron chi connectivity index (χ4n) is 3.86. The first-order chi connectivity index (χ1) is 12.8. The number of rotatable bonds is 5. The lowest BCUT2D eigenvalue weighted by Crippen LogP contribution is -2.36. The zero-order valence-electron chi connectivity index (χ0n) is 14.8. The summed E-state index contributed by atoms with van der Waals surface area (Å²) in [5, 5.41) is 3.19. The molecule has 26 heavy (non-hydrogen) atoms. The molecule has 1 unspecified atom stereocenters. The van der Waals surface area contributed by atoms with Crippen LogP contribution in [0, 0.1) is 5.92 Å². The normalized spacial score (nSPS) is 16.5. The third kappa shape index (κ3) is 3.47. The monoisotopic (exact) mass is 348 g/mol. The lowest BCUT2D eigenvalue weighted by molar-refractivity contribution is -0.123. The van der Waals surface area contributed by atoms with Crippen LogP contribution in [0.5, 0.6) is 0 Å². The van der Waals surface area contributed by atoms with Gasteiger partial charge in [-0.15, -0.1) is 0 Å². The second kappa shape index (κ2) is 7.68. The van der Waals surface area contributed by atoms with E-state index < -0.39 is 6.04 Å². The Morgan fingerprint density at radius 1 is 1.08 bits per heavy atom. The summed E-state index contributed by atoms with van der Waals surface area (Å²) >= 11 is 0. The Morgan fingerprint density at radius 3 is 2.69 bits per heavy atom. The number of nitrogens with one attached hydrogen (secondary N) is 1. The number of amides is 1. The average Bonchev–Trinajstić information content (AvgIpc) is 3.12. The summed E-state index contributed by atoms with van der Waals surface area (Å²) in [6.07, 6.45) is 9.76. The minimum atomic E-state index is -0.459. The SMILES string of the molecule is O=C(NCC1CCCCC1)C(c1ccccc1)n1cnc2cccnc21. The summed E-state index contributed by atoms with van der Waals surface area (Å²) < 4.78 is 1.88. The van der Waals surface area contributed by atoms with Gasteiger partial charge in [0.25, 0.3) is 0 Å². The average molecular weight is 348 g/mol. The number of benzene rings is 1. The Kier molecular flexibility index (Phi) is 4.95. The highest BCUT2D eigenvalue weighted by molar-refractivity contribution is 5.85. The summed E-state index contributed by atoms with van der Waals surface area (Å²) in [7, 11) is 0. The van der Waals surface area contributed by atoms with Gasteiger partial charge in [-0.1, -0.05) is 49.6 Å². The van der Waals surface area contributed by atoms with Gasteiger partial charge in [-0.05, 0) is 36.5 Å². The van der Waals surface area contributed by atoms with Crippen molar-refractivity contribution < 1.29 is 4.79 Å². The smallest absolute Gasteiger partial charge is 0.247 e. The van der Waals surface area contributed by atoms with Crippen LogP contribution in [0.1, 0.15) is 43.7 Å². The van der Waals surface area contributed by atoms with Crippen molar-refractivity contribution in [2.45, 2.75) is 38.1 Å². The van der Waals surface area contributed by atoms with Gasteiger partial charge in [0.05, 0.1) is 6.33 Å². The van der Waals surface area contributed by atoms with Crippen molar-refractivity contribution in [1.82, 2.24) is 19.9 Å². The highest BCUT2D eigenvalue weighted by Crippen LogP contribution is 2.25. The number of pyridine rings is 1. The first-order valence-corrected chi connectivity index (χ1v) is 9.43. The minimum absolute atomic E-state index is 0.00623. The molecule has 0 spiro atoms. The molecule has 4 rings (SSSR count). The van der Waals surface area contributed by atoms with Crippen molar-refractivity contribution in [2.75, 3.05) is 6.54 Å². The topological polar surface area (TPSA) is 59.8 Å². The number of carbonyl (C=O) groups excluding carboxylic acids is 1. The maximum atomic E-state index is 13.1. The molecule has 0 bridgehead atoms. The summed E-state index contributed by atoms with van der Waals surface area (Å²) in [5.41, 5.74) is 2.47. The number of nitrogens with zero attached hydrogens (tertiary/aromatic N) is 3. The number of imidazole rings is 1. The standard InChI is InChI=1S/C21H24N4O/c26-21(23-14-16-8-3-1-4-9-16)19(17-10-5-2-6-11-17)25-15-24-18-12-7-13-22-20(18)25/h2,5-7,10-13,15-16,19H,1,3-4,8-9,14H2,(H,23,26). The Hall–Kier alpha value is -2.69. The van der Waals surface area contributed by atoms with Gasteiger partial charge in [-0.25, -0.2) is 9.97 Å². The third-order valence-electron chi connectivity index (χ3n) is 5.26. The van der Waals surface area contributed by atoms with E-state index in [2.05, 4.69) is 15.3 Å². The van der Waals surface area contributed by atoms with Crippen LogP contribution in [0.4, 0.5) is 0 Å². The van der Waals surface area contributed by atoms with Gasteiger partial charge < -0.3 is 5.32 Å². The van der Waals surface area contributed by atoms with Crippen LogP contribution in [-0.4, -0.2) is 27.0 Å². The van der Waals surface area contributed by atoms with Gasteiger partial charge in [0, 0.05) is 12.7 Å². The van der Waals surface area contributed by atoms with Gasteiger partial charge in [-0.2, -0.15) is 0 Å². The Labute approximate surface area is 153 Å². The van der Waals surface area contributed by atoms with E-state index in [9.17, 15) is 4.79 Å². The fraction of sp³-hybridized carbons (Fsp3) is 0.381. The molecule has 134 valence electrons. The van der Waals surface area contributed by atoms with E-state index >= 15 is 0 Å². The molecule has 5 nitrogen and oxygen atoms in total. The highest BCUT2D eigenvalue weighted by atomic mass is 16.2. The molecule has 1 N–H and O–H groups in total. The number of hydrogen-bond donors (Lipinski definition) is 1. The van der Waals surface area contributed by atoms with E-state index in [0.29, 0.717) is 5.92 Å². The number of hydrogen-bond acceptors (Lipinski definition) is 3. The van der Waals surface area contributed by atoms with Gasteiger partial charge in [0.15, 0.2) is 5.65 Å². The van der Waals surface area contributed by atoms with Crippen molar-refractivity contribution >= 4 is 17.1 Å². The molecule has 1 amide bonds. The van der Waals surface area contributed by atoms with Gasteiger partial charge in [0.1, 0.15) is 11.6 Å². The molecule has 3 aromatic rings. The maximum Gasteiger partial charge on any atom is 0.247 e. The van der Waals surface area contributed by atoms with Crippen LogP contribution in [-0.2, 0) is 4.79 Å². The van der Waals surface area contributed by atoms with Crippen molar-refractivity contribution in [1.29, 1.82) is 0 Å². The Balaban J connectivity index is 1.62. The van der Waals surface area contributed by atoms with Crippen LogP contribution in [0.2, 0.25) is 0 Å². The van der Waals surface area contributed by atoms with E-state index in [-0.39, 0.29) is 5.91 Å². The van der Waals surface area contributed by atoms with Crippen LogP contribution >= 0.6 is 0 Å². The summed E-state index contributed by atoms with van der Waals surface area (Å²) in [4.78, 5) is 22.0. The first-order valence-electron chi connectivity index (χ1n) is 9.43. The number of fused-ring (bicyclic) bond motifs is 1. The molecule has 5 heteroatoms. The zero-order valence-corrected chi connectivity index (χ0v) is 14.8. The minimum Gasteiger partial charge on any atom is -0.354 e. The van der Waals surface area contributed by atoms with E-state index in [1.807, 2.05) is 47.0 Å². The van der Waals surface area contributed by atoms with Crippen LogP contribution in [0.15, 0.2) is 55.0 Å². The molecule has 1 aliphatic rings. The third-order valence-corrected chi connectivity index (χ3v) is 5.26. The molecular formula is C21H24N4O. The van der Waals surface area contributed by atoms with Crippen molar-refractivity contribution in [3.8, 4) is 0 Å². The number of aromatic nitrogens is 3. The highest BCUT2D eigenvalue weighted by Gasteiger charge is 2.25. The molecule has 0 radical (unpaired) electrons. The largest absolute Gasteiger partial charge is 0.354 e. The van der Waals surface area contributed by atoms with Crippen LogP contribution < -0.4 is 5.32 Å². The maximum absolute atomic E-state index is 13.1. The molecule has 0 saturated heterocycles. The first kappa shape index (κ1) is 16.8. The lowest BCUT2D eigenvalue weighted by Gasteiger charge is -2.24. The summed E-state index contributed by atoms with van der Waals surface area (Å²) in [6, 6.07) is 13.2. The van der Waals surface area contributed by atoms with Crippen molar-refractivity contribution in [3.63, 3.8) is 0 Å². The second-order valence-electron chi connectivity index (χ2n) is 7.06. The van der Waals surface area contributed by atoms with Crippen LogP contribution in [0.25, 0.3) is 11.2 Å². The van der Waals surface area contributed by atoms with E-state index in [0.717, 1.165) is 23.3 Å². The Bertz CT molecular complexity index is 868. The van der Waals surface area contributed by atoms with E-state index in [1.54, 1.807) is 12.5 Å². The molecule has 1 aromatic carbocycles. The van der Waals surface area contributed by atoms with E-state index in [4.69, 9.17) is 0 Å².